The van der Waals surface area contributed by atoms with Crippen LogP contribution in [0.15, 0.2) is 103 Å². The molecule has 5 rings (SSSR count). The largest absolute Gasteiger partial charge is 0.355 e. The monoisotopic (exact) mass is 387 g/mol. The summed E-state index contributed by atoms with van der Waals surface area (Å²) in [4.78, 5) is 3.61. The Balaban J connectivity index is 1.43. The molecule has 0 aliphatic carbocycles. The van der Waals surface area contributed by atoms with Crippen molar-refractivity contribution < 1.29 is 0 Å². The average Bonchev–Trinajstić information content (AvgIpc) is 3.23. The highest BCUT2D eigenvalue weighted by molar-refractivity contribution is 5.86. The molecular formula is C29H25N. The van der Waals surface area contributed by atoms with Crippen molar-refractivity contribution in [2.45, 2.75) is 19.8 Å². The number of aromatic nitrogens is 1. The van der Waals surface area contributed by atoms with Gasteiger partial charge in [0.05, 0.1) is 0 Å². The SMILES string of the molecule is Cc1ccc(-c2cc3ccc(C(C)c4ccc(-c5ccccc5)cc4)cc3[nH]2)cc1. The zero-order valence-electron chi connectivity index (χ0n) is 17.4. The molecule has 0 amide bonds. The predicted molar refractivity (Wildman–Crippen MR) is 128 cm³/mol. The highest BCUT2D eigenvalue weighted by Crippen LogP contribution is 2.31. The standard InChI is InChI=1S/C29H25N/c1-20-8-10-25(11-9-20)28-19-27-17-16-26(18-29(27)30-28)21(2)22-12-14-24(15-13-22)23-6-4-3-5-7-23/h3-19,21,30H,1-2H3. The molecular weight excluding hydrogens is 362 g/mol. The van der Waals surface area contributed by atoms with Crippen LogP contribution in [0.2, 0.25) is 0 Å². The van der Waals surface area contributed by atoms with Gasteiger partial charge in [-0.2, -0.15) is 0 Å². The van der Waals surface area contributed by atoms with Gasteiger partial charge in [-0.1, -0.05) is 103 Å². The predicted octanol–water partition coefficient (Wildman–Crippen LogP) is 7.96. The summed E-state index contributed by atoms with van der Waals surface area (Å²) >= 11 is 0. The van der Waals surface area contributed by atoms with Crippen LogP contribution in [0.4, 0.5) is 0 Å². The molecule has 1 aromatic heterocycles. The van der Waals surface area contributed by atoms with Gasteiger partial charge < -0.3 is 4.98 Å². The Hall–Kier alpha value is -3.58. The third-order valence-corrected chi connectivity index (χ3v) is 6.03. The van der Waals surface area contributed by atoms with Gasteiger partial charge in [0.1, 0.15) is 0 Å². The normalized spacial score (nSPS) is 12.2. The van der Waals surface area contributed by atoms with Crippen LogP contribution in [0, 0.1) is 6.92 Å². The quantitative estimate of drug-likeness (QED) is 0.322. The Labute approximate surface area is 178 Å². The highest BCUT2D eigenvalue weighted by atomic mass is 14.7. The Morgan fingerprint density at radius 3 is 1.97 bits per heavy atom. The molecule has 1 heteroatoms. The van der Waals surface area contributed by atoms with E-state index in [1.54, 1.807) is 0 Å². The second kappa shape index (κ2) is 7.68. The van der Waals surface area contributed by atoms with Crippen LogP contribution in [0.25, 0.3) is 33.3 Å². The molecule has 1 nitrogen and oxygen atoms in total. The summed E-state index contributed by atoms with van der Waals surface area (Å²) in [6, 6.07) is 37.2. The van der Waals surface area contributed by atoms with Gasteiger partial charge in [-0.05, 0) is 46.9 Å². The van der Waals surface area contributed by atoms with Crippen molar-refractivity contribution in [3.05, 3.63) is 120 Å². The Kier molecular flexibility index (Phi) is 4.72. The Bertz CT molecular complexity index is 1280. The number of nitrogens with one attached hydrogen (secondary N) is 1. The van der Waals surface area contributed by atoms with Crippen LogP contribution >= 0.6 is 0 Å². The molecule has 0 bridgehead atoms. The number of aryl methyl sites for hydroxylation is 1. The van der Waals surface area contributed by atoms with Gasteiger partial charge >= 0.3 is 0 Å². The van der Waals surface area contributed by atoms with E-state index in [1.807, 2.05) is 0 Å². The first kappa shape index (κ1) is 18.4. The minimum atomic E-state index is 0.338. The lowest BCUT2D eigenvalue weighted by molar-refractivity contribution is 0.924. The summed E-state index contributed by atoms with van der Waals surface area (Å²) in [5.74, 6) is 0.338. The number of hydrogen-bond acceptors (Lipinski definition) is 0. The number of H-pyrrole nitrogens is 1. The van der Waals surface area contributed by atoms with E-state index in [4.69, 9.17) is 0 Å². The van der Waals surface area contributed by atoms with Crippen molar-refractivity contribution in [1.82, 2.24) is 4.98 Å². The highest BCUT2D eigenvalue weighted by Gasteiger charge is 2.11. The van der Waals surface area contributed by atoms with Crippen molar-refractivity contribution in [3.63, 3.8) is 0 Å². The van der Waals surface area contributed by atoms with E-state index in [0.717, 1.165) is 0 Å². The van der Waals surface area contributed by atoms with Gasteiger partial charge in [0, 0.05) is 22.5 Å². The fraction of sp³-hybridized carbons (Fsp3) is 0.103. The summed E-state index contributed by atoms with van der Waals surface area (Å²) in [6.07, 6.45) is 0. The smallest absolute Gasteiger partial charge is 0.0464 e. The van der Waals surface area contributed by atoms with Gasteiger partial charge in [0.2, 0.25) is 0 Å². The first-order valence-corrected chi connectivity index (χ1v) is 10.5. The number of hydrogen-bond donors (Lipinski definition) is 1. The van der Waals surface area contributed by atoms with E-state index < -0.39 is 0 Å². The third-order valence-electron chi connectivity index (χ3n) is 6.03. The molecule has 0 radical (unpaired) electrons. The lowest BCUT2D eigenvalue weighted by Gasteiger charge is -2.13. The molecule has 5 aromatic rings. The van der Waals surface area contributed by atoms with Crippen LogP contribution in [0.1, 0.15) is 29.5 Å². The number of fused-ring (bicyclic) bond motifs is 1. The van der Waals surface area contributed by atoms with Gasteiger partial charge in [0.15, 0.2) is 0 Å². The first-order chi connectivity index (χ1) is 14.7. The van der Waals surface area contributed by atoms with Crippen molar-refractivity contribution in [3.8, 4) is 22.4 Å². The van der Waals surface area contributed by atoms with E-state index in [-0.39, 0.29) is 0 Å². The molecule has 1 atom stereocenters. The van der Waals surface area contributed by atoms with E-state index >= 15 is 0 Å². The van der Waals surface area contributed by atoms with E-state index in [2.05, 4.69) is 122 Å². The molecule has 0 spiro atoms. The fourth-order valence-electron chi connectivity index (χ4n) is 4.09. The van der Waals surface area contributed by atoms with E-state index in [1.165, 1.54) is 50.0 Å². The number of benzene rings is 4. The van der Waals surface area contributed by atoms with Crippen LogP contribution in [0.5, 0.6) is 0 Å². The molecule has 0 fully saturated rings. The minimum absolute atomic E-state index is 0.338. The molecule has 0 aliphatic rings. The Morgan fingerprint density at radius 1 is 0.600 bits per heavy atom. The zero-order valence-corrected chi connectivity index (χ0v) is 17.4. The van der Waals surface area contributed by atoms with Crippen LogP contribution < -0.4 is 0 Å². The van der Waals surface area contributed by atoms with E-state index in [0.29, 0.717) is 5.92 Å². The fourth-order valence-corrected chi connectivity index (χ4v) is 4.09. The summed E-state index contributed by atoms with van der Waals surface area (Å²) < 4.78 is 0. The maximum absolute atomic E-state index is 3.61. The number of aromatic amines is 1. The summed E-state index contributed by atoms with van der Waals surface area (Å²) in [5.41, 5.74) is 10.0. The maximum Gasteiger partial charge on any atom is 0.0464 e. The summed E-state index contributed by atoms with van der Waals surface area (Å²) in [6.45, 7) is 4.40. The van der Waals surface area contributed by atoms with Gasteiger partial charge in [0.25, 0.3) is 0 Å². The lowest BCUT2D eigenvalue weighted by atomic mass is 9.91. The van der Waals surface area contributed by atoms with Crippen LogP contribution in [-0.4, -0.2) is 4.98 Å². The lowest BCUT2D eigenvalue weighted by Crippen LogP contribution is -1.96. The van der Waals surface area contributed by atoms with Gasteiger partial charge in [-0.3, -0.25) is 0 Å². The zero-order chi connectivity index (χ0) is 20.5. The molecule has 1 N–H and O–H groups in total. The van der Waals surface area contributed by atoms with Crippen molar-refractivity contribution in [1.29, 1.82) is 0 Å². The van der Waals surface area contributed by atoms with E-state index in [9.17, 15) is 0 Å². The van der Waals surface area contributed by atoms with Crippen molar-refractivity contribution in [2.24, 2.45) is 0 Å². The molecule has 1 heterocycles. The third kappa shape index (κ3) is 3.55. The second-order valence-corrected chi connectivity index (χ2v) is 8.11. The molecule has 0 saturated heterocycles. The molecule has 30 heavy (non-hydrogen) atoms. The number of rotatable bonds is 4. The molecule has 0 saturated carbocycles. The van der Waals surface area contributed by atoms with Gasteiger partial charge in [-0.15, -0.1) is 0 Å². The van der Waals surface area contributed by atoms with Crippen LogP contribution in [-0.2, 0) is 0 Å². The molecule has 4 aromatic carbocycles. The Morgan fingerprint density at radius 2 is 1.23 bits per heavy atom. The van der Waals surface area contributed by atoms with Gasteiger partial charge in [-0.25, -0.2) is 0 Å². The van der Waals surface area contributed by atoms with Crippen molar-refractivity contribution in [2.75, 3.05) is 0 Å². The summed E-state index contributed by atoms with van der Waals surface area (Å²) in [5, 5.41) is 1.25. The summed E-state index contributed by atoms with van der Waals surface area (Å²) in [7, 11) is 0. The first-order valence-electron chi connectivity index (χ1n) is 10.5. The maximum atomic E-state index is 3.61. The topological polar surface area (TPSA) is 15.8 Å². The van der Waals surface area contributed by atoms with Crippen LogP contribution in [0.3, 0.4) is 0 Å². The molecule has 0 aliphatic heterocycles. The minimum Gasteiger partial charge on any atom is -0.355 e. The molecule has 146 valence electrons. The second-order valence-electron chi connectivity index (χ2n) is 8.11. The van der Waals surface area contributed by atoms with Crippen molar-refractivity contribution >= 4 is 10.9 Å². The average molecular weight is 388 g/mol. The molecule has 1 unspecified atom stereocenters.